The van der Waals surface area contributed by atoms with Crippen LogP contribution >= 0.6 is 0 Å². The van der Waals surface area contributed by atoms with E-state index in [1.807, 2.05) is 38.1 Å². The van der Waals surface area contributed by atoms with Gasteiger partial charge in [0, 0.05) is 11.8 Å². The third kappa shape index (κ3) is 2.76. The fraction of sp³-hybridized carbons (Fsp3) is 0.111. The van der Waals surface area contributed by atoms with Gasteiger partial charge in [-0.15, -0.1) is 0 Å². The third-order valence-electron chi connectivity index (χ3n) is 3.38. The molecule has 1 aromatic heterocycles. The van der Waals surface area contributed by atoms with Gasteiger partial charge in [-0.25, -0.2) is 0 Å². The average Bonchev–Trinajstić information content (AvgIpc) is 2.48. The predicted octanol–water partition coefficient (Wildman–Crippen LogP) is 3.66. The van der Waals surface area contributed by atoms with Crippen molar-refractivity contribution in [2.45, 2.75) is 13.8 Å². The number of hydrogen-bond donors (Lipinski definition) is 1. The molecule has 0 fully saturated rings. The second kappa shape index (κ2) is 5.48. The summed E-state index contributed by atoms with van der Waals surface area (Å²) in [5, 5.41) is 3.21. The molecular formula is C18H15NO3. The lowest BCUT2D eigenvalue weighted by molar-refractivity contribution is 0.0997. The van der Waals surface area contributed by atoms with Crippen molar-refractivity contribution in [1.82, 2.24) is 0 Å². The summed E-state index contributed by atoms with van der Waals surface area (Å²) < 4.78 is 5.55. The van der Waals surface area contributed by atoms with Gasteiger partial charge in [-0.2, -0.15) is 0 Å². The van der Waals surface area contributed by atoms with Gasteiger partial charge >= 0.3 is 0 Å². The van der Waals surface area contributed by atoms with Crippen LogP contribution in [-0.2, 0) is 0 Å². The fourth-order valence-corrected chi connectivity index (χ4v) is 2.30. The van der Waals surface area contributed by atoms with Crippen LogP contribution in [0.3, 0.4) is 0 Å². The molecule has 110 valence electrons. The molecule has 3 rings (SSSR count). The largest absolute Gasteiger partial charge is 0.451 e. The van der Waals surface area contributed by atoms with Crippen LogP contribution in [0.25, 0.3) is 11.0 Å². The van der Waals surface area contributed by atoms with Crippen molar-refractivity contribution >= 4 is 22.6 Å². The predicted molar refractivity (Wildman–Crippen MR) is 86.4 cm³/mol. The highest BCUT2D eigenvalue weighted by atomic mass is 16.3. The number of aryl methyl sites for hydroxylation is 2. The lowest BCUT2D eigenvalue weighted by Gasteiger charge is -2.06. The van der Waals surface area contributed by atoms with Crippen LogP contribution in [0.4, 0.5) is 5.69 Å². The molecule has 1 amide bonds. The zero-order chi connectivity index (χ0) is 15.7. The number of rotatable bonds is 2. The van der Waals surface area contributed by atoms with Crippen molar-refractivity contribution in [2.24, 2.45) is 0 Å². The quantitative estimate of drug-likeness (QED) is 0.784. The molecule has 0 saturated heterocycles. The Bertz CT molecular complexity index is 925. The first-order valence-corrected chi connectivity index (χ1v) is 6.95. The van der Waals surface area contributed by atoms with Gasteiger partial charge in [0.1, 0.15) is 5.58 Å². The standard InChI is InChI=1S/C18H15NO3/c1-11-4-3-5-13(8-11)19-18(21)17-10-15(20)14-9-12(2)6-7-16(14)22-17/h3-10H,1-2H3,(H,19,21). The summed E-state index contributed by atoms with van der Waals surface area (Å²) in [4.78, 5) is 24.4. The minimum atomic E-state index is -0.440. The Hall–Kier alpha value is -2.88. The van der Waals surface area contributed by atoms with Gasteiger partial charge in [-0.1, -0.05) is 23.8 Å². The molecule has 0 bridgehead atoms. The summed E-state index contributed by atoms with van der Waals surface area (Å²) in [5.74, 6) is -0.437. The number of amides is 1. The maximum atomic E-state index is 12.2. The normalized spacial score (nSPS) is 10.6. The summed E-state index contributed by atoms with van der Waals surface area (Å²) in [6, 6.07) is 13.9. The first-order valence-electron chi connectivity index (χ1n) is 6.95. The molecule has 0 aliphatic rings. The van der Waals surface area contributed by atoms with Gasteiger partial charge < -0.3 is 9.73 Å². The van der Waals surface area contributed by atoms with E-state index in [4.69, 9.17) is 4.42 Å². The van der Waals surface area contributed by atoms with E-state index in [9.17, 15) is 9.59 Å². The lowest BCUT2D eigenvalue weighted by Crippen LogP contribution is -2.15. The number of hydrogen-bond acceptors (Lipinski definition) is 3. The third-order valence-corrected chi connectivity index (χ3v) is 3.38. The molecule has 1 N–H and O–H groups in total. The Morgan fingerprint density at radius 1 is 1.00 bits per heavy atom. The van der Waals surface area contributed by atoms with Crippen molar-refractivity contribution in [2.75, 3.05) is 5.32 Å². The SMILES string of the molecule is Cc1cccc(NC(=O)c2cc(=O)c3cc(C)ccc3o2)c1. The molecular weight excluding hydrogens is 278 g/mol. The Morgan fingerprint density at radius 2 is 1.77 bits per heavy atom. The molecule has 0 unspecified atom stereocenters. The Balaban J connectivity index is 1.98. The van der Waals surface area contributed by atoms with E-state index >= 15 is 0 Å². The molecule has 0 aliphatic carbocycles. The Morgan fingerprint density at radius 3 is 2.55 bits per heavy atom. The zero-order valence-corrected chi connectivity index (χ0v) is 12.3. The molecule has 0 saturated carbocycles. The minimum absolute atomic E-state index is 0.00265. The van der Waals surface area contributed by atoms with Gasteiger partial charge in [0.15, 0.2) is 11.2 Å². The van der Waals surface area contributed by atoms with Gasteiger partial charge in [0.2, 0.25) is 0 Å². The van der Waals surface area contributed by atoms with Crippen LogP contribution in [0.2, 0.25) is 0 Å². The number of nitrogens with one attached hydrogen (secondary N) is 1. The summed E-state index contributed by atoms with van der Waals surface area (Å²) in [5.41, 5.74) is 2.86. The second-order valence-corrected chi connectivity index (χ2v) is 5.30. The maximum absolute atomic E-state index is 12.2. The molecule has 4 nitrogen and oxygen atoms in total. The average molecular weight is 293 g/mol. The van der Waals surface area contributed by atoms with Crippen LogP contribution in [0.1, 0.15) is 21.7 Å². The van der Waals surface area contributed by atoms with E-state index in [2.05, 4.69) is 5.32 Å². The van der Waals surface area contributed by atoms with E-state index in [1.165, 1.54) is 6.07 Å². The molecule has 0 radical (unpaired) electrons. The second-order valence-electron chi connectivity index (χ2n) is 5.30. The summed E-state index contributed by atoms with van der Waals surface area (Å²) in [7, 11) is 0. The van der Waals surface area contributed by atoms with E-state index in [0.717, 1.165) is 11.1 Å². The molecule has 3 aromatic rings. The monoisotopic (exact) mass is 293 g/mol. The van der Waals surface area contributed by atoms with E-state index in [0.29, 0.717) is 16.7 Å². The highest BCUT2D eigenvalue weighted by Gasteiger charge is 2.12. The van der Waals surface area contributed by atoms with Gasteiger partial charge in [0.05, 0.1) is 5.39 Å². The van der Waals surface area contributed by atoms with Crippen LogP contribution < -0.4 is 10.7 Å². The first kappa shape index (κ1) is 14.1. The molecule has 0 aliphatic heterocycles. The molecule has 0 atom stereocenters. The number of benzene rings is 2. The van der Waals surface area contributed by atoms with Crippen LogP contribution in [-0.4, -0.2) is 5.91 Å². The van der Waals surface area contributed by atoms with Gasteiger partial charge in [0.25, 0.3) is 5.91 Å². The maximum Gasteiger partial charge on any atom is 0.291 e. The van der Waals surface area contributed by atoms with Crippen molar-refractivity contribution < 1.29 is 9.21 Å². The fourth-order valence-electron chi connectivity index (χ4n) is 2.30. The summed E-state index contributed by atoms with van der Waals surface area (Å²) in [6.45, 7) is 3.84. The number of carbonyl (C=O) groups excluding carboxylic acids is 1. The van der Waals surface area contributed by atoms with Crippen molar-refractivity contribution in [1.29, 1.82) is 0 Å². The van der Waals surface area contributed by atoms with Gasteiger partial charge in [-0.05, 0) is 43.7 Å². The molecule has 22 heavy (non-hydrogen) atoms. The lowest BCUT2D eigenvalue weighted by atomic mass is 10.1. The van der Waals surface area contributed by atoms with Crippen molar-refractivity contribution in [3.8, 4) is 0 Å². The molecule has 1 heterocycles. The Kier molecular flexibility index (Phi) is 3.51. The molecule has 0 spiro atoms. The number of anilines is 1. The van der Waals surface area contributed by atoms with E-state index in [-0.39, 0.29) is 11.2 Å². The topological polar surface area (TPSA) is 59.3 Å². The summed E-state index contributed by atoms with van der Waals surface area (Å²) in [6.07, 6.45) is 0. The first-order chi connectivity index (χ1) is 10.5. The van der Waals surface area contributed by atoms with Gasteiger partial charge in [-0.3, -0.25) is 9.59 Å². The van der Waals surface area contributed by atoms with E-state index in [1.54, 1.807) is 18.2 Å². The van der Waals surface area contributed by atoms with Crippen LogP contribution in [0, 0.1) is 13.8 Å². The van der Waals surface area contributed by atoms with Crippen molar-refractivity contribution in [3.63, 3.8) is 0 Å². The molecule has 2 aromatic carbocycles. The van der Waals surface area contributed by atoms with E-state index < -0.39 is 5.91 Å². The highest BCUT2D eigenvalue weighted by molar-refractivity contribution is 6.03. The number of fused-ring (bicyclic) bond motifs is 1. The number of carbonyl (C=O) groups is 1. The van der Waals surface area contributed by atoms with Crippen molar-refractivity contribution in [3.05, 3.63) is 75.6 Å². The smallest absolute Gasteiger partial charge is 0.291 e. The van der Waals surface area contributed by atoms with Crippen LogP contribution in [0.5, 0.6) is 0 Å². The highest BCUT2D eigenvalue weighted by Crippen LogP contribution is 2.16. The summed E-state index contributed by atoms with van der Waals surface area (Å²) >= 11 is 0. The Labute approximate surface area is 127 Å². The van der Waals surface area contributed by atoms with Crippen LogP contribution in [0.15, 0.2) is 57.7 Å². The minimum Gasteiger partial charge on any atom is -0.451 e. The molecule has 4 heteroatoms. The zero-order valence-electron chi connectivity index (χ0n) is 12.3.